The van der Waals surface area contributed by atoms with Crippen LogP contribution in [0.3, 0.4) is 0 Å². The lowest BCUT2D eigenvalue weighted by molar-refractivity contribution is -0.158. The highest BCUT2D eigenvalue weighted by atomic mass is 16.6. The molecule has 2 rings (SSSR count). The minimum Gasteiger partial charge on any atom is -0.467 e. The van der Waals surface area contributed by atoms with E-state index in [-0.39, 0.29) is 11.8 Å². The zero-order valence-corrected chi connectivity index (χ0v) is 10.7. The maximum Gasteiger partial charge on any atom is 0.336 e. The fraction of sp³-hybridized carbons (Fsp3) is 0.500. The van der Waals surface area contributed by atoms with Crippen molar-refractivity contribution < 1.29 is 14.3 Å². The SMILES string of the molecule is COC(=O)C1CN(c2cnc(C#N)cn2)C[C@@H](C)O1. The van der Waals surface area contributed by atoms with Crippen LogP contribution in [0.15, 0.2) is 12.4 Å². The van der Waals surface area contributed by atoms with Crippen molar-refractivity contribution >= 4 is 11.8 Å². The van der Waals surface area contributed by atoms with Crippen LogP contribution in [-0.4, -0.2) is 48.3 Å². The lowest BCUT2D eigenvalue weighted by Gasteiger charge is -2.35. The molecular weight excluding hydrogens is 248 g/mol. The Morgan fingerprint density at radius 2 is 2.32 bits per heavy atom. The van der Waals surface area contributed by atoms with Gasteiger partial charge in [-0.25, -0.2) is 14.8 Å². The lowest BCUT2D eigenvalue weighted by atomic mass is 10.2. The number of hydrogen-bond donors (Lipinski definition) is 0. The molecule has 0 saturated carbocycles. The fourth-order valence-corrected chi connectivity index (χ4v) is 1.94. The van der Waals surface area contributed by atoms with Gasteiger partial charge < -0.3 is 14.4 Å². The van der Waals surface area contributed by atoms with E-state index in [9.17, 15) is 4.79 Å². The number of rotatable bonds is 2. The van der Waals surface area contributed by atoms with Crippen LogP contribution in [0.1, 0.15) is 12.6 Å². The average molecular weight is 262 g/mol. The van der Waals surface area contributed by atoms with Gasteiger partial charge in [0.25, 0.3) is 0 Å². The molecule has 19 heavy (non-hydrogen) atoms. The van der Waals surface area contributed by atoms with Gasteiger partial charge >= 0.3 is 5.97 Å². The van der Waals surface area contributed by atoms with E-state index in [2.05, 4.69) is 14.7 Å². The molecule has 0 spiro atoms. The second kappa shape index (κ2) is 5.63. The van der Waals surface area contributed by atoms with Crippen LogP contribution >= 0.6 is 0 Å². The van der Waals surface area contributed by atoms with Crippen molar-refractivity contribution in [1.82, 2.24) is 9.97 Å². The monoisotopic (exact) mass is 262 g/mol. The van der Waals surface area contributed by atoms with Crippen LogP contribution in [0.25, 0.3) is 0 Å². The van der Waals surface area contributed by atoms with Crippen molar-refractivity contribution in [2.45, 2.75) is 19.1 Å². The summed E-state index contributed by atoms with van der Waals surface area (Å²) in [5.41, 5.74) is 0.259. The van der Waals surface area contributed by atoms with E-state index in [0.717, 1.165) is 0 Å². The third kappa shape index (κ3) is 2.98. The van der Waals surface area contributed by atoms with E-state index in [1.807, 2.05) is 17.9 Å². The minimum absolute atomic E-state index is 0.115. The number of morpholine rings is 1. The molecule has 0 aromatic carbocycles. The molecule has 2 atom stereocenters. The zero-order valence-electron chi connectivity index (χ0n) is 10.7. The van der Waals surface area contributed by atoms with Crippen molar-refractivity contribution in [2.75, 3.05) is 25.1 Å². The van der Waals surface area contributed by atoms with Crippen molar-refractivity contribution in [3.8, 4) is 6.07 Å². The smallest absolute Gasteiger partial charge is 0.336 e. The Balaban J connectivity index is 2.14. The van der Waals surface area contributed by atoms with Gasteiger partial charge in [0.2, 0.25) is 0 Å². The van der Waals surface area contributed by atoms with Gasteiger partial charge in [-0.3, -0.25) is 0 Å². The van der Waals surface area contributed by atoms with Crippen LogP contribution in [0.5, 0.6) is 0 Å². The molecule has 1 aliphatic heterocycles. The first-order valence-corrected chi connectivity index (χ1v) is 5.84. The molecule has 1 saturated heterocycles. The van der Waals surface area contributed by atoms with Crippen molar-refractivity contribution in [3.63, 3.8) is 0 Å². The highest BCUT2D eigenvalue weighted by Crippen LogP contribution is 2.18. The van der Waals surface area contributed by atoms with Crippen molar-refractivity contribution in [2.24, 2.45) is 0 Å². The molecule has 1 fully saturated rings. The number of esters is 1. The first kappa shape index (κ1) is 13.2. The van der Waals surface area contributed by atoms with E-state index in [1.54, 1.807) is 0 Å². The molecule has 0 N–H and O–H groups in total. The molecule has 1 aromatic rings. The van der Waals surface area contributed by atoms with Crippen LogP contribution in [-0.2, 0) is 14.3 Å². The third-order valence-corrected chi connectivity index (χ3v) is 2.80. The van der Waals surface area contributed by atoms with E-state index in [4.69, 9.17) is 10.00 Å². The Morgan fingerprint density at radius 3 is 2.89 bits per heavy atom. The molecule has 1 unspecified atom stereocenters. The first-order valence-electron chi connectivity index (χ1n) is 5.84. The third-order valence-electron chi connectivity index (χ3n) is 2.80. The van der Waals surface area contributed by atoms with E-state index in [0.29, 0.717) is 18.9 Å². The number of hydrogen-bond acceptors (Lipinski definition) is 7. The Kier molecular flexibility index (Phi) is 3.92. The van der Waals surface area contributed by atoms with Crippen LogP contribution < -0.4 is 4.90 Å². The van der Waals surface area contributed by atoms with Crippen LogP contribution in [0, 0.1) is 11.3 Å². The number of nitriles is 1. The van der Waals surface area contributed by atoms with Crippen LogP contribution in [0.2, 0.25) is 0 Å². The summed E-state index contributed by atoms with van der Waals surface area (Å²) in [6.07, 6.45) is 2.18. The fourth-order valence-electron chi connectivity index (χ4n) is 1.94. The molecular formula is C12H14N4O3. The first-order chi connectivity index (χ1) is 9.13. The largest absolute Gasteiger partial charge is 0.467 e. The summed E-state index contributed by atoms with van der Waals surface area (Å²) < 4.78 is 10.2. The maximum absolute atomic E-state index is 11.5. The minimum atomic E-state index is -0.633. The molecule has 0 bridgehead atoms. The van der Waals surface area contributed by atoms with Crippen molar-refractivity contribution in [1.29, 1.82) is 5.26 Å². The summed E-state index contributed by atoms with van der Waals surface area (Å²) in [6.45, 7) is 2.84. The Labute approximate surface area is 110 Å². The Hall–Kier alpha value is -2.20. The Bertz CT molecular complexity index is 497. The molecule has 7 nitrogen and oxygen atoms in total. The lowest BCUT2D eigenvalue weighted by Crippen LogP contribution is -2.50. The molecule has 0 radical (unpaired) electrons. The van der Waals surface area contributed by atoms with Gasteiger partial charge in [0.15, 0.2) is 11.8 Å². The molecule has 1 aliphatic rings. The predicted octanol–water partition coefficient (Wildman–Crippen LogP) is 0.115. The van der Waals surface area contributed by atoms with Gasteiger partial charge in [-0.15, -0.1) is 0 Å². The Morgan fingerprint density at radius 1 is 1.53 bits per heavy atom. The van der Waals surface area contributed by atoms with Gasteiger partial charge in [-0.1, -0.05) is 0 Å². The van der Waals surface area contributed by atoms with E-state index in [1.165, 1.54) is 19.5 Å². The number of aromatic nitrogens is 2. The number of carbonyl (C=O) groups is 1. The summed E-state index contributed by atoms with van der Waals surface area (Å²) in [7, 11) is 1.33. The number of carbonyl (C=O) groups excluding carboxylic acids is 1. The van der Waals surface area contributed by atoms with Gasteiger partial charge in [-0.2, -0.15) is 5.26 Å². The summed E-state index contributed by atoms with van der Waals surface area (Å²) >= 11 is 0. The number of anilines is 1. The molecule has 100 valence electrons. The predicted molar refractivity (Wildman–Crippen MR) is 65.3 cm³/mol. The van der Waals surface area contributed by atoms with Crippen LogP contribution in [0.4, 0.5) is 5.82 Å². The summed E-state index contributed by atoms with van der Waals surface area (Å²) in [5.74, 6) is 0.209. The summed E-state index contributed by atoms with van der Waals surface area (Å²) in [5, 5.41) is 8.68. The molecule has 7 heteroatoms. The summed E-state index contributed by atoms with van der Waals surface area (Å²) in [4.78, 5) is 21.6. The quantitative estimate of drug-likeness (QED) is 0.699. The standard InChI is InChI=1S/C12H14N4O3/c1-8-6-16(7-10(19-8)12(17)18-2)11-5-14-9(3-13)4-15-11/h4-5,8,10H,6-7H2,1-2H3/t8-,10?/m1/s1. The molecule has 1 aromatic heterocycles. The van der Waals surface area contributed by atoms with Crippen molar-refractivity contribution in [3.05, 3.63) is 18.1 Å². The van der Waals surface area contributed by atoms with Gasteiger partial charge in [0, 0.05) is 6.54 Å². The second-order valence-electron chi connectivity index (χ2n) is 4.24. The van der Waals surface area contributed by atoms with Gasteiger partial charge in [0.05, 0.1) is 32.2 Å². The van der Waals surface area contributed by atoms with E-state index >= 15 is 0 Å². The second-order valence-corrected chi connectivity index (χ2v) is 4.24. The number of methoxy groups -OCH3 is 1. The number of ether oxygens (including phenoxy) is 2. The topological polar surface area (TPSA) is 88.3 Å². The molecule has 0 aliphatic carbocycles. The van der Waals surface area contributed by atoms with E-state index < -0.39 is 12.1 Å². The normalized spacial score (nSPS) is 22.7. The highest BCUT2D eigenvalue weighted by molar-refractivity contribution is 5.75. The number of nitrogens with zero attached hydrogens (tertiary/aromatic N) is 4. The average Bonchev–Trinajstić information content (AvgIpc) is 2.45. The highest BCUT2D eigenvalue weighted by Gasteiger charge is 2.31. The summed E-state index contributed by atoms with van der Waals surface area (Å²) in [6, 6.07) is 1.91. The zero-order chi connectivity index (χ0) is 13.8. The maximum atomic E-state index is 11.5. The van der Waals surface area contributed by atoms with Gasteiger partial charge in [0.1, 0.15) is 11.9 Å². The molecule has 0 amide bonds. The molecule has 2 heterocycles. The van der Waals surface area contributed by atoms with Gasteiger partial charge in [-0.05, 0) is 6.92 Å².